The molecule has 4 nitrogen and oxygen atoms in total. The molecule has 0 amide bonds. The minimum Gasteiger partial charge on any atom is -0.365 e. The van der Waals surface area contributed by atoms with Crippen LogP contribution in [0.3, 0.4) is 0 Å². The number of hydrogen-bond donors (Lipinski definition) is 3. The number of nitrogens with one attached hydrogen (secondary N) is 1. The summed E-state index contributed by atoms with van der Waals surface area (Å²) >= 11 is 6.16. The van der Waals surface area contributed by atoms with Gasteiger partial charge in [-0.1, -0.05) is 23.7 Å². The number of alkyl halides is 1. The van der Waals surface area contributed by atoms with Crippen LogP contribution in [0.2, 0.25) is 5.02 Å². The van der Waals surface area contributed by atoms with Crippen LogP contribution in [0.4, 0.5) is 13.2 Å². The van der Waals surface area contributed by atoms with Crippen molar-refractivity contribution >= 4 is 28.6 Å². The van der Waals surface area contributed by atoms with Gasteiger partial charge in [-0.2, -0.15) is 0 Å². The number of nitrogens with zero attached hydrogens (tertiary/aromatic N) is 1. The molecule has 8 heteroatoms. The van der Waals surface area contributed by atoms with Crippen LogP contribution >= 0.6 is 11.6 Å². The van der Waals surface area contributed by atoms with Crippen molar-refractivity contribution in [3.63, 3.8) is 0 Å². The molecule has 0 spiro atoms. The highest BCUT2D eigenvalue weighted by molar-refractivity contribution is 6.31. The normalized spacial score (nSPS) is 19.7. The Morgan fingerprint density at radius 3 is 2.48 bits per heavy atom. The number of halogens is 4. The van der Waals surface area contributed by atoms with E-state index in [9.17, 15) is 4.39 Å². The molecule has 1 aliphatic heterocycles. The predicted molar refractivity (Wildman–Crippen MR) is 124 cm³/mol. The molecular weight excluding hydrogens is 453 g/mol. The molecule has 2 heterocycles. The summed E-state index contributed by atoms with van der Waals surface area (Å²) in [5, 5.41) is 19.5. The number of benzene rings is 2. The van der Waals surface area contributed by atoms with Crippen molar-refractivity contribution in [2.75, 3.05) is 6.54 Å². The third kappa shape index (κ3) is 4.82. The molecule has 0 saturated heterocycles. The Bertz CT molecular complexity index is 1190. The fraction of sp³-hybridized carbons (Fsp3) is 0.360. The van der Waals surface area contributed by atoms with Crippen molar-refractivity contribution in [3.05, 3.63) is 75.4 Å². The standard InChI is InChI=1S/C25H26ClF3N2O2/c1-13-8-17-16-6-5-15(26)11-20(16)30-23(17)24(31(13)12-25(2,3)29)22-18(27)9-14(10-19(22)28)4-7-21(32)33/h4-7,9-11,13,21,24,30,32-33H,8,12H2,1-3H3/b7-4+. The highest BCUT2D eigenvalue weighted by atomic mass is 35.5. The summed E-state index contributed by atoms with van der Waals surface area (Å²) in [4.78, 5) is 5.07. The van der Waals surface area contributed by atoms with E-state index in [-0.39, 0.29) is 23.7 Å². The molecule has 0 bridgehead atoms. The smallest absolute Gasteiger partial charge is 0.171 e. The van der Waals surface area contributed by atoms with Gasteiger partial charge in [-0.3, -0.25) is 4.90 Å². The second-order valence-corrected chi connectivity index (χ2v) is 9.66. The third-order valence-corrected chi connectivity index (χ3v) is 6.20. The van der Waals surface area contributed by atoms with Gasteiger partial charge in [0, 0.05) is 39.8 Å². The fourth-order valence-corrected chi connectivity index (χ4v) is 4.86. The van der Waals surface area contributed by atoms with Crippen LogP contribution in [-0.4, -0.2) is 44.6 Å². The van der Waals surface area contributed by atoms with Crippen LogP contribution < -0.4 is 0 Å². The average Bonchev–Trinajstić information content (AvgIpc) is 3.04. The van der Waals surface area contributed by atoms with E-state index in [0.29, 0.717) is 17.1 Å². The van der Waals surface area contributed by atoms with E-state index < -0.39 is 29.6 Å². The summed E-state index contributed by atoms with van der Waals surface area (Å²) in [5.74, 6) is -1.60. The number of fused-ring (bicyclic) bond motifs is 3. The van der Waals surface area contributed by atoms with E-state index in [0.717, 1.165) is 34.7 Å². The topological polar surface area (TPSA) is 59.5 Å². The summed E-state index contributed by atoms with van der Waals surface area (Å²) in [6.07, 6.45) is 1.08. The van der Waals surface area contributed by atoms with Crippen LogP contribution in [0, 0.1) is 11.6 Å². The zero-order chi connectivity index (χ0) is 24.1. The second-order valence-electron chi connectivity index (χ2n) is 9.22. The van der Waals surface area contributed by atoms with E-state index in [2.05, 4.69) is 4.98 Å². The van der Waals surface area contributed by atoms with Gasteiger partial charge < -0.3 is 15.2 Å². The SMILES string of the molecule is CC1Cc2c([nH]c3cc(Cl)ccc23)C(c2c(F)cc(/C=C/C(O)O)cc2F)N1CC(C)(C)F. The lowest BCUT2D eigenvalue weighted by Gasteiger charge is -2.43. The Morgan fingerprint density at radius 1 is 1.21 bits per heavy atom. The summed E-state index contributed by atoms with van der Waals surface area (Å²) in [7, 11) is 0. The number of aromatic nitrogens is 1. The zero-order valence-corrected chi connectivity index (χ0v) is 19.3. The molecule has 0 saturated carbocycles. The van der Waals surface area contributed by atoms with Crippen molar-refractivity contribution in [2.45, 2.75) is 51.2 Å². The highest BCUT2D eigenvalue weighted by Crippen LogP contribution is 2.43. The first-order chi connectivity index (χ1) is 15.4. The quantitative estimate of drug-likeness (QED) is 0.424. The summed E-state index contributed by atoms with van der Waals surface area (Å²) < 4.78 is 45.6. The lowest BCUT2D eigenvalue weighted by atomic mass is 9.87. The number of rotatable bonds is 5. The number of hydrogen-bond acceptors (Lipinski definition) is 3. The maximum absolute atomic E-state index is 15.4. The van der Waals surface area contributed by atoms with Crippen LogP contribution in [0.15, 0.2) is 36.4 Å². The second kappa shape index (κ2) is 8.80. The Balaban J connectivity index is 1.92. The van der Waals surface area contributed by atoms with Gasteiger partial charge in [-0.25, -0.2) is 13.2 Å². The zero-order valence-electron chi connectivity index (χ0n) is 18.5. The molecule has 3 N–H and O–H groups in total. The maximum atomic E-state index is 15.4. The Labute approximate surface area is 195 Å². The minimum absolute atomic E-state index is 0.0222. The van der Waals surface area contributed by atoms with Gasteiger partial charge in [0.15, 0.2) is 6.29 Å². The fourth-order valence-electron chi connectivity index (χ4n) is 4.68. The van der Waals surface area contributed by atoms with Gasteiger partial charge in [0.05, 0.1) is 6.04 Å². The molecule has 0 aliphatic carbocycles. The minimum atomic E-state index is -1.74. The van der Waals surface area contributed by atoms with Gasteiger partial charge in [0.2, 0.25) is 0 Å². The molecule has 0 fully saturated rings. The Kier molecular flexibility index (Phi) is 6.35. The molecular formula is C25H26ClF3N2O2. The molecule has 1 aromatic heterocycles. The molecule has 0 radical (unpaired) electrons. The van der Waals surface area contributed by atoms with Crippen molar-refractivity contribution < 1.29 is 23.4 Å². The van der Waals surface area contributed by atoms with Gasteiger partial charge in [0.1, 0.15) is 17.3 Å². The molecule has 33 heavy (non-hydrogen) atoms. The van der Waals surface area contributed by atoms with Crippen molar-refractivity contribution in [1.82, 2.24) is 9.88 Å². The molecule has 176 valence electrons. The Morgan fingerprint density at radius 2 is 1.88 bits per heavy atom. The third-order valence-electron chi connectivity index (χ3n) is 5.97. The number of aliphatic hydroxyl groups excluding tert-OH is 1. The highest BCUT2D eigenvalue weighted by Gasteiger charge is 2.40. The molecule has 2 aromatic carbocycles. The monoisotopic (exact) mass is 478 g/mol. The summed E-state index contributed by atoms with van der Waals surface area (Å²) in [6.45, 7) is 4.79. The van der Waals surface area contributed by atoms with Gasteiger partial charge in [0.25, 0.3) is 0 Å². The molecule has 2 unspecified atom stereocenters. The first-order valence-corrected chi connectivity index (χ1v) is 11.1. The lowest BCUT2D eigenvalue weighted by molar-refractivity contribution is 0.00303. The van der Waals surface area contributed by atoms with Gasteiger partial charge in [-0.05, 0) is 68.7 Å². The molecule has 1 aliphatic rings. The lowest BCUT2D eigenvalue weighted by Crippen LogP contribution is -2.48. The van der Waals surface area contributed by atoms with Crippen LogP contribution in [0.1, 0.15) is 49.2 Å². The molecule has 3 aromatic rings. The average molecular weight is 479 g/mol. The first-order valence-electron chi connectivity index (χ1n) is 10.7. The van der Waals surface area contributed by atoms with E-state index in [1.807, 2.05) is 13.0 Å². The van der Waals surface area contributed by atoms with Crippen LogP contribution in [-0.2, 0) is 6.42 Å². The van der Waals surface area contributed by atoms with Crippen LogP contribution in [0.25, 0.3) is 17.0 Å². The van der Waals surface area contributed by atoms with E-state index in [1.165, 1.54) is 19.9 Å². The van der Waals surface area contributed by atoms with Crippen molar-refractivity contribution in [2.24, 2.45) is 0 Å². The summed E-state index contributed by atoms with van der Waals surface area (Å²) in [5.41, 5.74) is 0.660. The summed E-state index contributed by atoms with van der Waals surface area (Å²) in [6, 6.07) is 6.62. The Hall–Kier alpha value is -2.32. The van der Waals surface area contributed by atoms with Gasteiger partial charge in [-0.15, -0.1) is 0 Å². The number of aliphatic hydroxyl groups is 2. The molecule has 4 rings (SSSR count). The largest absolute Gasteiger partial charge is 0.365 e. The number of aromatic amines is 1. The van der Waals surface area contributed by atoms with E-state index >= 15 is 8.78 Å². The maximum Gasteiger partial charge on any atom is 0.171 e. The molecule has 2 atom stereocenters. The van der Waals surface area contributed by atoms with Crippen LogP contribution in [0.5, 0.6) is 0 Å². The van der Waals surface area contributed by atoms with Gasteiger partial charge >= 0.3 is 0 Å². The first kappa shape index (κ1) is 23.8. The van der Waals surface area contributed by atoms with Crippen molar-refractivity contribution in [3.8, 4) is 0 Å². The predicted octanol–water partition coefficient (Wildman–Crippen LogP) is 5.51. The number of H-pyrrole nitrogens is 1. The van der Waals surface area contributed by atoms with E-state index in [4.69, 9.17) is 21.8 Å². The van der Waals surface area contributed by atoms with E-state index in [1.54, 1.807) is 17.0 Å². The van der Waals surface area contributed by atoms with Crippen molar-refractivity contribution in [1.29, 1.82) is 0 Å².